The standard InChI is InChI=1S/C54H36N2O/c1-2-12-37(13-3-1)40-14-10-15-41(36-40)38-24-28-42(29-25-38)55(43-30-26-39(27-31-43)46-19-11-23-53-54(46)49-18-6-9-22-52(49)57-53)44-32-34-45(35-33-44)56-50-20-7-4-16-47(50)48-17-5-8-21-51(48)56/h1-36H. The largest absolute Gasteiger partial charge is 0.456 e. The monoisotopic (exact) mass is 728 g/mol. The molecule has 9 aromatic carbocycles. The number of hydrogen-bond donors (Lipinski definition) is 0. The molecule has 2 aromatic heterocycles. The normalized spacial score (nSPS) is 11.5. The lowest BCUT2D eigenvalue weighted by Gasteiger charge is -2.26. The van der Waals surface area contributed by atoms with E-state index in [1.165, 1.54) is 44.1 Å². The van der Waals surface area contributed by atoms with Gasteiger partial charge in [-0.1, -0.05) is 140 Å². The van der Waals surface area contributed by atoms with Gasteiger partial charge in [0.15, 0.2) is 0 Å². The van der Waals surface area contributed by atoms with Gasteiger partial charge in [0.05, 0.1) is 11.0 Å². The molecular formula is C54H36N2O. The highest BCUT2D eigenvalue weighted by Gasteiger charge is 2.17. The number of hydrogen-bond acceptors (Lipinski definition) is 2. The molecule has 0 aliphatic carbocycles. The molecule has 0 N–H and O–H groups in total. The molecule has 3 nitrogen and oxygen atoms in total. The predicted molar refractivity (Wildman–Crippen MR) is 239 cm³/mol. The first-order valence-corrected chi connectivity index (χ1v) is 19.4. The molecule has 0 saturated carbocycles. The third kappa shape index (κ3) is 5.68. The number of rotatable bonds is 7. The number of aromatic nitrogens is 1. The van der Waals surface area contributed by atoms with Crippen molar-refractivity contribution in [3.05, 3.63) is 218 Å². The molecule has 0 atom stereocenters. The van der Waals surface area contributed by atoms with E-state index in [2.05, 4.69) is 216 Å². The maximum atomic E-state index is 6.24. The fraction of sp³-hybridized carbons (Fsp3) is 0. The molecule has 0 fully saturated rings. The first-order valence-electron chi connectivity index (χ1n) is 19.4. The molecular weight excluding hydrogens is 693 g/mol. The van der Waals surface area contributed by atoms with E-state index >= 15 is 0 Å². The molecule has 0 unspecified atom stereocenters. The van der Waals surface area contributed by atoms with E-state index in [0.717, 1.165) is 55.8 Å². The molecule has 0 bridgehead atoms. The summed E-state index contributed by atoms with van der Waals surface area (Å²) in [7, 11) is 0. The molecule has 2 heterocycles. The molecule has 11 aromatic rings. The van der Waals surface area contributed by atoms with Gasteiger partial charge in [0.1, 0.15) is 11.2 Å². The van der Waals surface area contributed by atoms with E-state index in [9.17, 15) is 0 Å². The van der Waals surface area contributed by atoms with Gasteiger partial charge >= 0.3 is 0 Å². The number of fused-ring (bicyclic) bond motifs is 6. The Morgan fingerprint density at radius 2 is 0.807 bits per heavy atom. The van der Waals surface area contributed by atoms with Gasteiger partial charge in [-0.25, -0.2) is 0 Å². The summed E-state index contributed by atoms with van der Waals surface area (Å²) in [6.45, 7) is 0. The Balaban J connectivity index is 1.00. The third-order valence-electron chi connectivity index (χ3n) is 11.2. The zero-order valence-corrected chi connectivity index (χ0v) is 31.1. The summed E-state index contributed by atoms with van der Waals surface area (Å²) in [4.78, 5) is 2.34. The van der Waals surface area contributed by atoms with Crippen LogP contribution in [-0.4, -0.2) is 4.57 Å². The highest BCUT2D eigenvalue weighted by Crippen LogP contribution is 2.41. The number of benzene rings is 9. The van der Waals surface area contributed by atoms with Crippen LogP contribution < -0.4 is 4.90 Å². The number of anilines is 3. The van der Waals surface area contributed by atoms with Crippen molar-refractivity contribution in [2.24, 2.45) is 0 Å². The summed E-state index contributed by atoms with van der Waals surface area (Å²) in [6, 6.07) is 78.1. The number of nitrogens with zero attached hydrogens (tertiary/aromatic N) is 2. The van der Waals surface area contributed by atoms with Gasteiger partial charge in [-0.15, -0.1) is 0 Å². The molecule has 0 amide bonds. The first kappa shape index (κ1) is 32.8. The molecule has 0 spiro atoms. The van der Waals surface area contributed by atoms with Crippen molar-refractivity contribution in [2.75, 3.05) is 4.90 Å². The Labute approximate surface area is 330 Å². The van der Waals surface area contributed by atoms with Crippen LogP contribution in [0.5, 0.6) is 0 Å². The fourth-order valence-corrected chi connectivity index (χ4v) is 8.52. The number of furan rings is 1. The molecule has 0 saturated heterocycles. The molecule has 0 aliphatic heterocycles. The minimum Gasteiger partial charge on any atom is -0.456 e. The van der Waals surface area contributed by atoms with Crippen LogP contribution >= 0.6 is 0 Å². The predicted octanol–water partition coefficient (Wildman–Crippen LogP) is 15.2. The Hall–Kier alpha value is -7.62. The minimum atomic E-state index is 0.900. The van der Waals surface area contributed by atoms with Crippen LogP contribution in [0.2, 0.25) is 0 Å². The molecule has 3 heteroatoms. The summed E-state index contributed by atoms with van der Waals surface area (Å²) < 4.78 is 8.60. The lowest BCUT2D eigenvalue weighted by atomic mass is 9.98. The molecule has 57 heavy (non-hydrogen) atoms. The van der Waals surface area contributed by atoms with Gasteiger partial charge < -0.3 is 13.9 Å². The van der Waals surface area contributed by atoms with Gasteiger partial charge in [0.2, 0.25) is 0 Å². The average Bonchev–Trinajstić information content (AvgIpc) is 3.84. The van der Waals surface area contributed by atoms with E-state index in [0.29, 0.717) is 0 Å². The van der Waals surface area contributed by atoms with Crippen LogP contribution in [0.1, 0.15) is 0 Å². The molecule has 11 rings (SSSR count). The number of para-hydroxylation sites is 3. The summed E-state index contributed by atoms with van der Waals surface area (Å²) in [5, 5.41) is 4.79. The van der Waals surface area contributed by atoms with Crippen LogP contribution in [0.3, 0.4) is 0 Å². The second kappa shape index (κ2) is 13.6. The maximum absolute atomic E-state index is 6.24. The van der Waals surface area contributed by atoms with Crippen molar-refractivity contribution in [1.82, 2.24) is 4.57 Å². The Kier molecular flexibility index (Phi) is 7.82. The fourth-order valence-electron chi connectivity index (χ4n) is 8.52. The maximum Gasteiger partial charge on any atom is 0.136 e. The van der Waals surface area contributed by atoms with Crippen molar-refractivity contribution in [2.45, 2.75) is 0 Å². The van der Waals surface area contributed by atoms with Crippen LogP contribution in [0.25, 0.3) is 82.8 Å². The van der Waals surface area contributed by atoms with Crippen LogP contribution in [-0.2, 0) is 0 Å². The summed E-state index contributed by atoms with van der Waals surface area (Å²) in [6.07, 6.45) is 0. The Bertz CT molecular complexity index is 3160. The highest BCUT2D eigenvalue weighted by atomic mass is 16.3. The van der Waals surface area contributed by atoms with Crippen molar-refractivity contribution < 1.29 is 4.42 Å². The topological polar surface area (TPSA) is 21.3 Å². The second-order valence-corrected chi connectivity index (χ2v) is 14.5. The lowest BCUT2D eigenvalue weighted by Crippen LogP contribution is -2.10. The average molecular weight is 729 g/mol. The Morgan fingerprint density at radius 1 is 0.333 bits per heavy atom. The van der Waals surface area contributed by atoms with Gasteiger partial charge in [-0.05, 0) is 112 Å². The van der Waals surface area contributed by atoms with Gasteiger partial charge in [0.25, 0.3) is 0 Å². The van der Waals surface area contributed by atoms with E-state index in [-0.39, 0.29) is 0 Å². The second-order valence-electron chi connectivity index (χ2n) is 14.5. The molecule has 0 aliphatic rings. The quantitative estimate of drug-likeness (QED) is 0.163. The van der Waals surface area contributed by atoms with Crippen molar-refractivity contribution in [3.8, 4) is 39.1 Å². The molecule has 268 valence electrons. The summed E-state index contributed by atoms with van der Waals surface area (Å²) >= 11 is 0. The van der Waals surface area contributed by atoms with E-state index in [4.69, 9.17) is 4.42 Å². The van der Waals surface area contributed by atoms with Gasteiger partial charge in [-0.2, -0.15) is 0 Å². The molecule has 0 radical (unpaired) electrons. The zero-order valence-electron chi connectivity index (χ0n) is 31.1. The van der Waals surface area contributed by atoms with Crippen LogP contribution in [0.4, 0.5) is 17.1 Å². The van der Waals surface area contributed by atoms with E-state index in [1.807, 2.05) is 12.1 Å². The van der Waals surface area contributed by atoms with Crippen LogP contribution in [0.15, 0.2) is 223 Å². The van der Waals surface area contributed by atoms with Crippen molar-refractivity contribution in [1.29, 1.82) is 0 Å². The first-order chi connectivity index (χ1) is 28.3. The lowest BCUT2D eigenvalue weighted by molar-refractivity contribution is 0.669. The van der Waals surface area contributed by atoms with Crippen LogP contribution in [0, 0.1) is 0 Å². The van der Waals surface area contributed by atoms with Gasteiger partial charge in [-0.3, -0.25) is 0 Å². The Morgan fingerprint density at radius 3 is 1.46 bits per heavy atom. The minimum absolute atomic E-state index is 0.900. The summed E-state index contributed by atoms with van der Waals surface area (Å²) in [5.41, 5.74) is 15.7. The third-order valence-corrected chi connectivity index (χ3v) is 11.2. The van der Waals surface area contributed by atoms with E-state index < -0.39 is 0 Å². The van der Waals surface area contributed by atoms with Gasteiger partial charge in [0, 0.05) is 44.3 Å². The summed E-state index contributed by atoms with van der Waals surface area (Å²) in [5.74, 6) is 0. The van der Waals surface area contributed by atoms with E-state index in [1.54, 1.807) is 0 Å². The van der Waals surface area contributed by atoms with Crippen molar-refractivity contribution in [3.63, 3.8) is 0 Å². The smallest absolute Gasteiger partial charge is 0.136 e. The SMILES string of the molecule is c1ccc(-c2cccc(-c3ccc(N(c4ccc(-c5cccc6oc7ccccc7c56)cc4)c4ccc(-n5c6ccccc6c6ccccc65)cc4)cc3)c2)cc1. The zero-order chi connectivity index (χ0) is 37.7. The van der Waals surface area contributed by atoms with Crippen molar-refractivity contribution >= 4 is 60.8 Å². The highest BCUT2D eigenvalue weighted by molar-refractivity contribution is 6.12.